The van der Waals surface area contributed by atoms with Crippen LogP contribution in [0.25, 0.3) is 0 Å². The number of aliphatic imine (C=N–C) groups is 1. The number of ether oxygens (including phenoxy) is 1. The molecule has 0 aliphatic carbocycles. The predicted octanol–water partition coefficient (Wildman–Crippen LogP) is 3.72. The minimum Gasteiger partial charge on any atom is -0.467 e. The van der Waals surface area contributed by atoms with Crippen LogP contribution in [0, 0.1) is 0 Å². The zero-order valence-electron chi connectivity index (χ0n) is 16.9. The van der Waals surface area contributed by atoms with E-state index in [2.05, 4.69) is 4.99 Å². The molecule has 3 aromatic rings. The van der Waals surface area contributed by atoms with Crippen LogP contribution in [0.2, 0.25) is 0 Å². The van der Waals surface area contributed by atoms with E-state index in [1.54, 1.807) is 11.0 Å². The van der Waals surface area contributed by atoms with E-state index in [1.807, 2.05) is 97.9 Å². The molecule has 152 valence electrons. The highest BCUT2D eigenvalue weighted by Gasteiger charge is 2.55. The van der Waals surface area contributed by atoms with E-state index in [0.717, 1.165) is 0 Å². The SMILES string of the molecule is COC(=O)[C@]1(c2ccccc2)N=CN(P(=O)(c2ccccc2)c2ccccc2)[C@@H]1C. The highest BCUT2D eigenvalue weighted by Crippen LogP contribution is 2.53. The minimum atomic E-state index is -3.30. The maximum absolute atomic E-state index is 14.7. The molecule has 0 amide bonds. The topological polar surface area (TPSA) is 59.0 Å². The van der Waals surface area contributed by atoms with Crippen molar-refractivity contribution in [3.8, 4) is 0 Å². The average molecular weight is 418 g/mol. The predicted molar refractivity (Wildman–Crippen MR) is 120 cm³/mol. The number of hydrogen-bond donors (Lipinski definition) is 0. The molecule has 0 fully saturated rings. The lowest BCUT2D eigenvalue weighted by Gasteiger charge is -2.37. The van der Waals surface area contributed by atoms with Gasteiger partial charge >= 0.3 is 5.97 Å². The van der Waals surface area contributed by atoms with Crippen molar-refractivity contribution in [1.29, 1.82) is 0 Å². The number of hydrogen-bond acceptors (Lipinski definition) is 4. The number of nitrogens with zero attached hydrogens (tertiary/aromatic N) is 2. The molecule has 1 heterocycles. The molecule has 0 saturated carbocycles. The Morgan fingerprint density at radius 3 is 1.83 bits per heavy atom. The number of esters is 1. The molecule has 0 saturated heterocycles. The molecular formula is C24H23N2O3P. The van der Waals surface area contributed by atoms with Crippen LogP contribution in [0.1, 0.15) is 12.5 Å². The zero-order chi connectivity index (χ0) is 21.2. The monoisotopic (exact) mass is 418 g/mol. The molecule has 0 aromatic heterocycles. The van der Waals surface area contributed by atoms with E-state index in [0.29, 0.717) is 16.2 Å². The van der Waals surface area contributed by atoms with Crippen LogP contribution in [0.3, 0.4) is 0 Å². The van der Waals surface area contributed by atoms with Gasteiger partial charge in [-0.15, -0.1) is 0 Å². The quantitative estimate of drug-likeness (QED) is 0.468. The summed E-state index contributed by atoms with van der Waals surface area (Å²) < 4.78 is 21.6. The van der Waals surface area contributed by atoms with Crippen LogP contribution in [0.4, 0.5) is 0 Å². The van der Waals surface area contributed by atoms with E-state index in [4.69, 9.17) is 4.74 Å². The third-order valence-corrected chi connectivity index (χ3v) is 8.73. The van der Waals surface area contributed by atoms with Gasteiger partial charge in [-0.05, 0) is 36.8 Å². The average Bonchev–Trinajstić information content (AvgIpc) is 3.18. The number of carbonyl (C=O) groups is 1. The number of rotatable bonds is 5. The van der Waals surface area contributed by atoms with Crippen LogP contribution in [0.15, 0.2) is 96.0 Å². The molecule has 3 aromatic carbocycles. The molecule has 0 radical (unpaired) electrons. The van der Waals surface area contributed by atoms with Gasteiger partial charge in [-0.2, -0.15) is 0 Å². The van der Waals surface area contributed by atoms with Gasteiger partial charge in [0.05, 0.1) is 19.5 Å². The Hall–Kier alpha value is -3.17. The summed E-state index contributed by atoms with van der Waals surface area (Å²) in [6, 6.07) is 27.5. The third kappa shape index (κ3) is 2.98. The summed E-state index contributed by atoms with van der Waals surface area (Å²) in [5, 5.41) is 1.37. The molecule has 0 bridgehead atoms. The number of benzene rings is 3. The first-order valence-electron chi connectivity index (χ1n) is 9.74. The van der Waals surface area contributed by atoms with Gasteiger partial charge in [-0.3, -0.25) is 4.57 Å². The van der Waals surface area contributed by atoms with Crippen LogP contribution >= 0.6 is 7.29 Å². The van der Waals surface area contributed by atoms with E-state index in [-0.39, 0.29) is 0 Å². The Labute approximate surface area is 176 Å². The van der Waals surface area contributed by atoms with Gasteiger partial charge in [0.15, 0.2) is 0 Å². The second-order valence-corrected chi connectivity index (χ2v) is 9.82. The largest absolute Gasteiger partial charge is 0.467 e. The summed E-state index contributed by atoms with van der Waals surface area (Å²) >= 11 is 0. The van der Waals surface area contributed by atoms with Crippen molar-refractivity contribution in [2.45, 2.75) is 18.5 Å². The summed E-state index contributed by atoms with van der Waals surface area (Å²) in [5.41, 5.74) is -0.592. The van der Waals surface area contributed by atoms with E-state index in [9.17, 15) is 9.36 Å². The van der Waals surface area contributed by atoms with Crippen LogP contribution in [-0.2, 0) is 19.6 Å². The van der Waals surface area contributed by atoms with Crippen molar-refractivity contribution in [1.82, 2.24) is 4.67 Å². The third-order valence-electron chi connectivity index (χ3n) is 5.63. The number of carbonyl (C=O) groups excluding carboxylic acids is 1. The molecule has 6 heteroatoms. The standard InChI is InChI=1S/C24H23N2O3P/c1-19-24(23(27)29-2,20-12-6-3-7-13-20)25-18-26(19)30(28,21-14-8-4-9-15-21)22-16-10-5-11-17-22/h3-19H,1-2H3/t19-,24+/m1/s1. The van der Waals surface area contributed by atoms with E-state index < -0.39 is 24.8 Å². The molecule has 1 aliphatic rings. The summed E-state index contributed by atoms with van der Waals surface area (Å²) in [6.45, 7) is 1.87. The fourth-order valence-electron chi connectivity index (χ4n) is 4.05. The zero-order valence-corrected chi connectivity index (χ0v) is 17.8. The summed E-state index contributed by atoms with van der Waals surface area (Å²) in [7, 11) is -1.95. The molecular weight excluding hydrogens is 395 g/mol. The fourth-order valence-corrected chi connectivity index (χ4v) is 6.88. The second kappa shape index (κ2) is 7.92. The lowest BCUT2D eigenvalue weighted by molar-refractivity contribution is -0.148. The Balaban J connectivity index is 1.90. The van der Waals surface area contributed by atoms with Gasteiger partial charge in [-0.1, -0.05) is 66.7 Å². The van der Waals surface area contributed by atoms with Crippen molar-refractivity contribution in [3.05, 3.63) is 96.6 Å². The van der Waals surface area contributed by atoms with Crippen molar-refractivity contribution in [3.63, 3.8) is 0 Å². The van der Waals surface area contributed by atoms with Gasteiger partial charge in [0.2, 0.25) is 12.8 Å². The molecule has 1 aliphatic heterocycles. The molecule has 4 rings (SSSR count). The molecule has 0 spiro atoms. The van der Waals surface area contributed by atoms with Crippen molar-refractivity contribution < 1.29 is 14.1 Å². The highest BCUT2D eigenvalue weighted by molar-refractivity contribution is 7.77. The fraction of sp³-hybridized carbons (Fsp3) is 0.167. The van der Waals surface area contributed by atoms with Gasteiger partial charge in [0, 0.05) is 10.6 Å². The lowest BCUT2D eigenvalue weighted by atomic mass is 9.85. The van der Waals surface area contributed by atoms with E-state index in [1.165, 1.54) is 7.11 Å². The first kappa shape index (κ1) is 20.1. The maximum Gasteiger partial charge on any atom is 0.340 e. The molecule has 0 N–H and O–H groups in total. The van der Waals surface area contributed by atoms with Crippen LogP contribution in [-0.4, -0.2) is 30.1 Å². The van der Waals surface area contributed by atoms with Crippen molar-refractivity contribution in [2.75, 3.05) is 7.11 Å². The Kier molecular flexibility index (Phi) is 5.31. The summed E-state index contributed by atoms with van der Waals surface area (Å²) in [4.78, 5) is 17.7. The molecule has 5 nitrogen and oxygen atoms in total. The summed E-state index contributed by atoms with van der Waals surface area (Å²) in [6.07, 6.45) is 1.55. The van der Waals surface area contributed by atoms with Crippen molar-refractivity contribution in [2.24, 2.45) is 4.99 Å². The van der Waals surface area contributed by atoms with Gasteiger partial charge in [0.25, 0.3) is 0 Å². The summed E-state index contributed by atoms with van der Waals surface area (Å²) in [5.74, 6) is -0.479. The van der Waals surface area contributed by atoms with Gasteiger partial charge < -0.3 is 9.41 Å². The maximum atomic E-state index is 14.7. The van der Waals surface area contributed by atoms with Crippen LogP contribution < -0.4 is 10.6 Å². The second-order valence-electron chi connectivity index (χ2n) is 7.17. The van der Waals surface area contributed by atoms with Crippen LogP contribution in [0.5, 0.6) is 0 Å². The first-order valence-corrected chi connectivity index (χ1v) is 11.4. The van der Waals surface area contributed by atoms with Gasteiger partial charge in [0.1, 0.15) is 0 Å². The smallest absolute Gasteiger partial charge is 0.340 e. The Morgan fingerprint density at radius 1 is 0.900 bits per heavy atom. The molecule has 30 heavy (non-hydrogen) atoms. The first-order chi connectivity index (χ1) is 14.5. The normalized spacial score (nSPS) is 20.9. The van der Waals surface area contributed by atoms with Gasteiger partial charge in [-0.25, -0.2) is 9.79 Å². The Bertz CT molecular complexity index is 1060. The lowest BCUT2D eigenvalue weighted by Crippen LogP contribution is -2.48. The van der Waals surface area contributed by atoms with E-state index >= 15 is 0 Å². The van der Waals surface area contributed by atoms with Crippen molar-refractivity contribution >= 4 is 30.2 Å². The minimum absolute atomic E-state index is 0.479. The highest BCUT2D eigenvalue weighted by atomic mass is 31.2. The Morgan fingerprint density at radius 2 is 1.37 bits per heavy atom. The molecule has 2 atom stereocenters. The number of methoxy groups -OCH3 is 1. The molecule has 0 unspecified atom stereocenters.